The Kier molecular flexibility index (Phi) is 4.38. The number of hydrogen-bond acceptors (Lipinski definition) is 3. The number of hydrogen-bond donors (Lipinski definition) is 2. The van der Waals surface area contributed by atoms with Crippen molar-refractivity contribution in [2.75, 3.05) is 18.0 Å². The lowest BCUT2D eigenvalue weighted by atomic mass is 10.00. The molecular weight excluding hydrogens is 304 g/mol. The van der Waals surface area contributed by atoms with Gasteiger partial charge in [-0.3, -0.25) is 9.59 Å². The van der Waals surface area contributed by atoms with Gasteiger partial charge in [0, 0.05) is 25.2 Å². The predicted octanol–water partition coefficient (Wildman–Crippen LogP) is 1.93. The number of anilines is 1. The molecule has 2 aliphatic rings. The first kappa shape index (κ1) is 17.0. The topological polar surface area (TPSA) is 69.6 Å². The molecule has 3 rings (SSSR count). The van der Waals surface area contributed by atoms with Crippen LogP contribution in [0.2, 0.25) is 0 Å². The van der Waals surface area contributed by atoms with Gasteiger partial charge in [-0.2, -0.15) is 0 Å². The lowest BCUT2D eigenvalue weighted by Crippen LogP contribution is -2.44. The summed E-state index contributed by atoms with van der Waals surface area (Å²) >= 11 is 0. The van der Waals surface area contributed by atoms with E-state index in [1.165, 1.54) is 5.56 Å². The van der Waals surface area contributed by atoms with E-state index in [0.717, 1.165) is 24.1 Å². The van der Waals surface area contributed by atoms with Crippen molar-refractivity contribution in [1.29, 1.82) is 0 Å². The van der Waals surface area contributed by atoms with Crippen molar-refractivity contribution in [2.24, 2.45) is 11.8 Å². The van der Waals surface area contributed by atoms with Crippen LogP contribution in [0.25, 0.3) is 0 Å². The van der Waals surface area contributed by atoms with E-state index in [2.05, 4.69) is 5.32 Å². The van der Waals surface area contributed by atoms with Crippen LogP contribution in [0.1, 0.15) is 37.3 Å². The van der Waals surface area contributed by atoms with Gasteiger partial charge in [0.1, 0.15) is 0 Å². The van der Waals surface area contributed by atoms with Crippen LogP contribution in [-0.2, 0) is 9.59 Å². The van der Waals surface area contributed by atoms with Crippen molar-refractivity contribution in [3.8, 4) is 0 Å². The van der Waals surface area contributed by atoms with Gasteiger partial charge in [-0.05, 0) is 62.8 Å². The third-order valence-electron chi connectivity index (χ3n) is 5.38. The standard InChI is InChI=1S/C19H26N2O3/c1-12-4-7-16(8-13(12)2)21-10-14(9-17(21)22)18(23)20-11-19(3,24)15-5-6-15/h4,7-8,14-15,24H,5-6,9-11H2,1-3H3,(H,20,23)/t14-,19+/m1/s1. The molecule has 130 valence electrons. The summed E-state index contributed by atoms with van der Waals surface area (Å²) in [4.78, 5) is 26.4. The first-order chi connectivity index (χ1) is 11.3. The summed E-state index contributed by atoms with van der Waals surface area (Å²) in [5.74, 6) is -0.230. The number of amides is 2. The minimum atomic E-state index is -0.841. The smallest absolute Gasteiger partial charge is 0.227 e. The Morgan fingerprint density at radius 2 is 2.04 bits per heavy atom. The lowest BCUT2D eigenvalue weighted by Gasteiger charge is -2.24. The average Bonchev–Trinajstić information content (AvgIpc) is 3.32. The molecule has 5 heteroatoms. The zero-order valence-corrected chi connectivity index (χ0v) is 14.6. The van der Waals surface area contributed by atoms with Gasteiger partial charge in [0.2, 0.25) is 11.8 Å². The quantitative estimate of drug-likeness (QED) is 0.867. The van der Waals surface area contributed by atoms with E-state index in [1.54, 1.807) is 11.8 Å². The molecule has 1 aromatic carbocycles. The molecule has 5 nitrogen and oxygen atoms in total. The van der Waals surface area contributed by atoms with Crippen LogP contribution in [0, 0.1) is 25.7 Å². The van der Waals surface area contributed by atoms with Crippen molar-refractivity contribution in [1.82, 2.24) is 5.32 Å². The molecule has 0 unspecified atom stereocenters. The SMILES string of the molecule is Cc1ccc(N2C[C@H](C(=O)NC[C@](C)(O)C3CC3)CC2=O)cc1C. The molecule has 0 aromatic heterocycles. The van der Waals surface area contributed by atoms with Gasteiger partial charge in [0.25, 0.3) is 0 Å². The Bertz CT molecular complexity index is 665. The largest absolute Gasteiger partial charge is 0.388 e. The van der Waals surface area contributed by atoms with E-state index < -0.39 is 5.60 Å². The van der Waals surface area contributed by atoms with E-state index in [0.29, 0.717) is 6.54 Å². The van der Waals surface area contributed by atoms with Gasteiger partial charge in [-0.25, -0.2) is 0 Å². The first-order valence-corrected chi connectivity index (χ1v) is 8.65. The molecule has 1 saturated carbocycles. The van der Waals surface area contributed by atoms with Gasteiger partial charge in [-0.1, -0.05) is 6.07 Å². The van der Waals surface area contributed by atoms with Gasteiger partial charge in [0.15, 0.2) is 0 Å². The molecule has 2 atom stereocenters. The average molecular weight is 330 g/mol. The summed E-state index contributed by atoms with van der Waals surface area (Å²) in [6.45, 7) is 6.48. The van der Waals surface area contributed by atoms with Crippen molar-refractivity contribution in [3.05, 3.63) is 29.3 Å². The maximum absolute atomic E-state index is 12.4. The summed E-state index contributed by atoms with van der Waals surface area (Å²) < 4.78 is 0. The second kappa shape index (κ2) is 6.20. The van der Waals surface area contributed by atoms with Gasteiger partial charge in [-0.15, -0.1) is 0 Å². The molecule has 1 heterocycles. The Morgan fingerprint density at radius 3 is 2.67 bits per heavy atom. The van der Waals surface area contributed by atoms with Crippen molar-refractivity contribution in [2.45, 2.75) is 45.6 Å². The van der Waals surface area contributed by atoms with E-state index in [1.807, 2.05) is 32.0 Å². The molecule has 0 spiro atoms. The van der Waals surface area contributed by atoms with Crippen LogP contribution in [-0.4, -0.2) is 35.6 Å². The number of rotatable bonds is 5. The molecule has 1 aromatic rings. The fraction of sp³-hybridized carbons (Fsp3) is 0.579. The second-order valence-electron chi connectivity index (χ2n) is 7.52. The number of nitrogens with zero attached hydrogens (tertiary/aromatic N) is 1. The zero-order chi connectivity index (χ0) is 17.5. The van der Waals surface area contributed by atoms with Crippen molar-refractivity contribution >= 4 is 17.5 Å². The van der Waals surface area contributed by atoms with E-state index in [9.17, 15) is 14.7 Å². The second-order valence-corrected chi connectivity index (χ2v) is 7.52. The minimum Gasteiger partial charge on any atom is -0.388 e. The number of carbonyl (C=O) groups is 2. The molecule has 2 fully saturated rings. The molecule has 2 N–H and O–H groups in total. The maximum atomic E-state index is 12.4. The van der Waals surface area contributed by atoms with Crippen molar-refractivity contribution < 1.29 is 14.7 Å². The molecule has 1 aliphatic carbocycles. The molecule has 0 radical (unpaired) electrons. The summed E-state index contributed by atoms with van der Waals surface area (Å²) in [5, 5.41) is 13.1. The molecule has 0 bridgehead atoms. The Labute approximate surface area is 143 Å². The van der Waals surface area contributed by atoms with Crippen LogP contribution in [0.4, 0.5) is 5.69 Å². The highest BCUT2D eigenvalue weighted by Crippen LogP contribution is 2.39. The summed E-state index contributed by atoms with van der Waals surface area (Å²) in [6.07, 6.45) is 2.26. The summed E-state index contributed by atoms with van der Waals surface area (Å²) in [5.41, 5.74) is 2.32. The molecule has 1 saturated heterocycles. The predicted molar refractivity (Wildman–Crippen MR) is 92.7 cm³/mol. The number of nitrogens with one attached hydrogen (secondary N) is 1. The number of benzene rings is 1. The van der Waals surface area contributed by atoms with E-state index in [-0.39, 0.29) is 36.6 Å². The van der Waals surface area contributed by atoms with Crippen LogP contribution in [0.3, 0.4) is 0 Å². The maximum Gasteiger partial charge on any atom is 0.227 e. The normalized spacial score (nSPS) is 23.2. The Balaban J connectivity index is 1.61. The van der Waals surface area contributed by atoms with Crippen LogP contribution >= 0.6 is 0 Å². The third-order valence-corrected chi connectivity index (χ3v) is 5.38. The highest BCUT2D eigenvalue weighted by molar-refractivity contribution is 6.00. The molecule has 24 heavy (non-hydrogen) atoms. The van der Waals surface area contributed by atoms with Gasteiger partial charge in [0.05, 0.1) is 11.5 Å². The number of carbonyl (C=O) groups excluding carboxylic acids is 2. The zero-order valence-electron chi connectivity index (χ0n) is 14.6. The lowest BCUT2D eigenvalue weighted by molar-refractivity contribution is -0.127. The van der Waals surface area contributed by atoms with Crippen molar-refractivity contribution in [3.63, 3.8) is 0 Å². The summed E-state index contributed by atoms with van der Waals surface area (Å²) in [6, 6.07) is 5.92. The van der Waals surface area contributed by atoms with Crippen LogP contribution in [0.15, 0.2) is 18.2 Å². The Morgan fingerprint density at radius 1 is 1.33 bits per heavy atom. The monoisotopic (exact) mass is 330 g/mol. The number of aliphatic hydroxyl groups is 1. The highest BCUT2D eigenvalue weighted by Gasteiger charge is 2.41. The third kappa shape index (κ3) is 3.46. The van der Waals surface area contributed by atoms with Crippen LogP contribution in [0.5, 0.6) is 0 Å². The van der Waals surface area contributed by atoms with Gasteiger partial charge >= 0.3 is 0 Å². The van der Waals surface area contributed by atoms with E-state index in [4.69, 9.17) is 0 Å². The Hall–Kier alpha value is -1.88. The van der Waals surface area contributed by atoms with E-state index >= 15 is 0 Å². The minimum absolute atomic E-state index is 0.0210. The highest BCUT2D eigenvalue weighted by atomic mass is 16.3. The molecule has 1 aliphatic heterocycles. The summed E-state index contributed by atoms with van der Waals surface area (Å²) in [7, 11) is 0. The molecule has 2 amide bonds. The fourth-order valence-corrected chi connectivity index (χ4v) is 3.29. The number of aryl methyl sites for hydroxylation is 2. The fourth-order valence-electron chi connectivity index (χ4n) is 3.29. The van der Waals surface area contributed by atoms with Crippen LogP contribution < -0.4 is 10.2 Å². The first-order valence-electron chi connectivity index (χ1n) is 8.65. The molecular formula is C19H26N2O3. The van der Waals surface area contributed by atoms with Gasteiger partial charge < -0.3 is 15.3 Å².